The summed E-state index contributed by atoms with van der Waals surface area (Å²) in [6, 6.07) is 24.3. The van der Waals surface area contributed by atoms with Crippen LogP contribution in [0.3, 0.4) is 0 Å². The molecule has 0 fully saturated rings. The Morgan fingerprint density at radius 3 is 2.11 bits per heavy atom. The molecule has 0 atom stereocenters. The number of hydrogen-bond donors (Lipinski definition) is 2. The Bertz CT molecular complexity index is 1630. The van der Waals surface area contributed by atoms with Crippen LogP contribution in [-0.4, -0.2) is 16.8 Å². The number of carbonyl (C=O) groups is 2. The van der Waals surface area contributed by atoms with Gasteiger partial charge >= 0.3 is 0 Å². The Kier molecular flexibility index (Phi) is 6.46. The van der Waals surface area contributed by atoms with Gasteiger partial charge in [0.1, 0.15) is 5.52 Å². The summed E-state index contributed by atoms with van der Waals surface area (Å²) in [5.41, 5.74) is 4.85. The van der Waals surface area contributed by atoms with Gasteiger partial charge in [0.05, 0.1) is 0 Å². The number of nitrogens with one attached hydrogen (secondary N) is 2. The maximum Gasteiger partial charge on any atom is 0.255 e. The van der Waals surface area contributed by atoms with E-state index in [2.05, 4.69) is 15.6 Å². The van der Waals surface area contributed by atoms with Gasteiger partial charge in [-0.3, -0.25) is 9.59 Å². The number of aryl methyl sites for hydroxylation is 1. The first-order chi connectivity index (χ1) is 17.4. The van der Waals surface area contributed by atoms with Crippen molar-refractivity contribution in [1.82, 2.24) is 4.98 Å². The Balaban J connectivity index is 1.38. The highest BCUT2D eigenvalue weighted by Crippen LogP contribution is 2.30. The summed E-state index contributed by atoms with van der Waals surface area (Å²) in [6.07, 6.45) is 0. The quantitative estimate of drug-likeness (QED) is 0.252. The van der Waals surface area contributed by atoms with Crippen molar-refractivity contribution in [1.29, 1.82) is 0 Å². The van der Waals surface area contributed by atoms with E-state index < -0.39 is 0 Å². The molecule has 0 radical (unpaired) electrons. The standard InChI is InChI=1S/C28H19Cl2N3O3/c1-16-8-9-19(14-23(16)32-27(35)18-5-3-7-21(30)13-18)28-33-24-15-22(10-11-25(24)36-28)31-26(34)17-4-2-6-20(29)12-17/h2-15H,1H3,(H,31,34)(H,32,35). The van der Waals surface area contributed by atoms with E-state index in [9.17, 15) is 9.59 Å². The van der Waals surface area contributed by atoms with Crippen LogP contribution in [-0.2, 0) is 0 Å². The summed E-state index contributed by atoms with van der Waals surface area (Å²) in [5.74, 6) is -0.156. The van der Waals surface area contributed by atoms with Crippen molar-refractivity contribution in [3.8, 4) is 11.5 Å². The first kappa shape index (κ1) is 23.6. The highest BCUT2D eigenvalue weighted by atomic mass is 35.5. The normalized spacial score (nSPS) is 10.9. The topological polar surface area (TPSA) is 84.2 Å². The second-order valence-corrected chi connectivity index (χ2v) is 9.03. The van der Waals surface area contributed by atoms with Gasteiger partial charge in [0.2, 0.25) is 5.89 Å². The highest BCUT2D eigenvalue weighted by Gasteiger charge is 2.14. The van der Waals surface area contributed by atoms with Crippen LogP contribution in [0.15, 0.2) is 89.3 Å². The number of anilines is 2. The minimum absolute atomic E-state index is 0.268. The van der Waals surface area contributed by atoms with E-state index in [1.54, 1.807) is 66.7 Å². The average molecular weight is 516 g/mol. The van der Waals surface area contributed by atoms with Crippen molar-refractivity contribution in [2.45, 2.75) is 6.92 Å². The number of oxazole rings is 1. The molecule has 5 rings (SSSR count). The predicted molar refractivity (Wildman–Crippen MR) is 143 cm³/mol. The fourth-order valence-electron chi connectivity index (χ4n) is 3.68. The Labute approximate surface area is 216 Å². The van der Waals surface area contributed by atoms with Gasteiger partial charge in [-0.1, -0.05) is 41.4 Å². The SMILES string of the molecule is Cc1ccc(-c2nc3cc(NC(=O)c4cccc(Cl)c4)ccc3o2)cc1NC(=O)c1cccc(Cl)c1. The van der Waals surface area contributed by atoms with E-state index in [1.807, 2.05) is 25.1 Å². The van der Waals surface area contributed by atoms with E-state index in [1.165, 1.54) is 0 Å². The van der Waals surface area contributed by atoms with Crippen molar-refractivity contribution in [3.63, 3.8) is 0 Å². The molecule has 1 heterocycles. The van der Waals surface area contributed by atoms with E-state index in [0.29, 0.717) is 55.1 Å². The molecule has 0 spiro atoms. The first-order valence-electron chi connectivity index (χ1n) is 11.0. The monoisotopic (exact) mass is 515 g/mol. The Hall–Kier alpha value is -4.13. The molecule has 0 saturated heterocycles. The van der Waals surface area contributed by atoms with Crippen molar-refractivity contribution >= 4 is 57.5 Å². The van der Waals surface area contributed by atoms with Crippen LogP contribution < -0.4 is 10.6 Å². The lowest BCUT2D eigenvalue weighted by molar-refractivity contribution is 0.101. The third-order valence-electron chi connectivity index (χ3n) is 5.55. The van der Waals surface area contributed by atoms with Crippen LogP contribution >= 0.6 is 23.2 Å². The number of rotatable bonds is 5. The number of halogens is 2. The van der Waals surface area contributed by atoms with Gasteiger partial charge < -0.3 is 15.1 Å². The minimum atomic E-state index is -0.279. The second kappa shape index (κ2) is 9.85. The molecule has 0 aliphatic heterocycles. The minimum Gasteiger partial charge on any atom is -0.436 e. The number of amides is 2. The molecule has 1 aromatic heterocycles. The van der Waals surface area contributed by atoms with Gasteiger partial charge in [0, 0.05) is 38.1 Å². The third-order valence-corrected chi connectivity index (χ3v) is 6.02. The van der Waals surface area contributed by atoms with Crippen LogP contribution in [0.1, 0.15) is 26.3 Å². The van der Waals surface area contributed by atoms with Crippen LogP contribution in [0.25, 0.3) is 22.6 Å². The lowest BCUT2D eigenvalue weighted by Gasteiger charge is -2.10. The van der Waals surface area contributed by atoms with E-state index >= 15 is 0 Å². The predicted octanol–water partition coefficient (Wildman–Crippen LogP) is 7.61. The average Bonchev–Trinajstić information content (AvgIpc) is 3.29. The number of hydrogen-bond acceptors (Lipinski definition) is 4. The van der Waals surface area contributed by atoms with Gasteiger partial charge in [0.15, 0.2) is 5.58 Å². The number of aromatic nitrogens is 1. The smallest absolute Gasteiger partial charge is 0.255 e. The molecule has 0 saturated carbocycles. The van der Waals surface area contributed by atoms with Crippen LogP contribution in [0.5, 0.6) is 0 Å². The van der Waals surface area contributed by atoms with Crippen LogP contribution in [0.2, 0.25) is 10.0 Å². The summed E-state index contributed by atoms with van der Waals surface area (Å²) in [6.45, 7) is 1.90. The van der Waals surface area contributed by atoms with E-state index in [4.69, 9.17) is 27.6 Å². The van der Waals surface area contributed by atoms with Gasteiger partial charge in [-0.15, -0.1) is 0 Å². The highest BCUT2D eigenvalue weighted by molar-refractivity contribution is 6.31. The van der Waals surface area contributed by atoms with Crippen molar-refractivity contribution in [3.05, 3.63) is 112 Å². The number of fused-ring (bicyclic) bond motifs is 1. The van der Waals surface area contributed by atoms with Crippen molar-refractivity contribution in [2.75, 3.05) is 10.6 Å². The molecule has 8 heteroatoms. The van der Waals surface area contributed by atoms with Crippen LogP contribution in [0.4, 0.5) is 11.4 Å². The number of carbonyl (C=O) groups excluding carboxylic acids is 2. The molecule has 4 aromatic carbocycles. The van der Waals surface area contributed by atoms with Gasteiger partial charge in [-0.05, 0) is 79.2 Å². The molecule has 0 aliphatic carbocycles. The Morgan fingerprint density at radius 1 is 0.778 bits per heavy atom. The molecule has 2 amide bonds. The largest absolute Gasteiger partial charge is 0.436 e. The molecule has 0 unspecified atom stereocenters. The fourth-order valence-corrected chi connectivity index (χ4v) is 4.06. The van der Waals surface area contributed by atoms with E-state index in [-0.39, 0.29) is 11.8 Å². The number of nitrogens with zero attached hydrogens (tertiary/aromatic N) is 1. The molecular formula is C28H19Cl2N3O3. The van der Waals surface area contributed by atoms with Gasteiger partial charge in [0.25, 0.3) is 11.8 Å². The molecule has 178 valence electrons. The van der Waals surface area contributed by atoms with Crippen LogP contribution in [0, 0.1) is 6.92 Å². The molecule has 5 aromatic rings. The van der Waals surface area contributed by atoms with Gasteiger partial charge in [-0.2, -0.15) is 0 Å². The molecule has 0 bridgehead atoms. The number of benzene rings is 4. The summed E-state index contributed by atoms with van der Waals surface area (Å²) >= 11 is 12.0. The summed E-state index contributed by atoms with van der Waals surface area (Å²) in [7, 11) is 0. The fraction of sp³-hybridized carbons (Fsp3) is 0.0357. The zero-order valence-electron chi connectivity index (χ0n) is 19.0. The molecule has 0 aliphatic rings. The maximum absolute atomic E-state index is 12.7. The summed E-state index contributed by atoms with van der Waals surface area (Å²) in [5, 5.41) is 6.75. The maximum atomic E-state index is 12.7. The zero-order valence-corrected chi connectivity index (χ0v) is 20.5. The second-order valence-electron chi connectivity index (χ2n) is 8.16. The molecule has 36 heavy (non-hydrogen) atoms. The Morgan fingerprint density at radius 2 is 1.44 bits per heavy atom. The third kappa shape index (κ3) is 5.10. The molecule has 2 N–H and O–H groups in total. The first-order valence-corrected chi connectivity index (χ1v) is 11.8. The van der Waals surface area contributed by atoms with E-state index in [0.717, 1.165) is 5.56 Å². The summed E-state index contributed by atoms with van der Waals surface area (Å²) in [4.78, 5) is 29.8. The van der Waals surface area contributed by atoms with Crippen molar-refractivity contribution < 1.29 is 14.0 Å². The van der Waals surface area contributed by atoms with Gasteiger partial charge in [-0.25, -0.2) is 4.98 Å². The summed E-state index contributed by atoms with van der Waals surface area (Å²) < 4.78 is 5.94. The lowest BCUT2D eigenvalue weighted by Crippen LogP contribution is -2.12. The molecular weight excluding hydrogens is 497 g/mol. The van der Waals surface area contributed by atoms with Crippen molar-refractivity contribution in [2.24, 2.45) is 0 Å². The lowest BCUT2D eigenvalue weighted by atomic mass is 10.1. The molecule has 6 nitrogen and oxygen atoms in total. The zero-order chi connectivity index (χ0) is 25.2.